The number of carbonyl (C=O) groups is 3. The fraction of sp³-hybridized carbons (Fsp3) is 0.951. The number of unbranched alkanes of at least 4 members (excludes halogenated alkanes) is 46. The average molecular weight is 948 g/mol. The molecule has 0 fully saturated rings. The van der Waals surface area contributed by atoms with Gasteiger partial charge in [0.2, 0.25) is 0 Å². The molecule has 0 aromatic heterocycles. The van der Waals surface area contributed by atoms with Gasteiger partial charge in [0.25, 0.3) is 0 Å². The average Bonchev–Trinajstić information content (AvgIpc) is 3.33. The maximum Gasteiger partial charge on any atom is 0.306 e. The Hall–Kier alpha value is -1.59. The van der Waals surface area contributed by atoms with Gasteiger partial charge in [-0.2, -0.15) is 0 Å². The highest BCUT2D eigenvalue weighted by molar-refractivity contribution is 5.71. The van der Waals surface area contributed by atoms with Gasteiger partial charge >= 0.3 is 17.9 Å². The van der Waals surface area contributed by atoms with Crippen molar-refractivity contribution in [2.24, 2.45) is 0 Å². The van der Waals surface area contributed by atoms with Gasteiger partial charge in [-0.15, -0.1) is 0 Å². The Balaban J connectivity index is 4.06. The van der Waals surface area contributed by atoms with Crippen molar-refractivity contribution in [1.29, 1.82) is 0 Å². The maximum atomic E-state index is 12.8. The van der Waals surface area contributed by atoms with Gasteiger partial charge in [0.1, 0.15) is 13.2 Å². The zero-order chi connectivity index (χ0) is 48.6. The van der Waals surface area contributed by atoms with E-state index in [2.05, 4.69) is 20.8 Å². The zero-order valence-corrected chi connectivity index (χ0v) is 45.7. The van der Waals surface area contributed by atoms with Gasteiger partial charge in [-0.3, -0.25) is 14.4 Å². The molecule has 0 N–H and O–H groups in total. The minimum absolute atomic E-state index is 0.0617. The van der Waals surface area contributed by atoms with E-state index in [1.165, 1.54) is 257 Å². The molecule has 398 valence electrons. The van der Waals surface area contributed by atoms with Crippen molar-refractivity contribution in [3.05, 3.63) is 0 Å². The molecule has 0 aliphatic carbocycles. The van der Waals surface area contributed by atoms with Crippen LogP contribution in [0.5, 0.6) is 0 Å². The summed E-state index contributed by atoms with van der Waals surface area (Å²) in [5.41, 5.74) is 0. The Morgan fingerprint density at radius 1 is 0.239 bits per heavy atom. The minimum Gasteiger partial charge on any atom is -0.462 e. The highest BCUT2D eigenvalue weighted by atomic mass is 16.6. The Kier molecular flexibility index (Phi) is 55.6. The smallest absolute Gasteiger partial charge is 0.306 e. The van der Waals surface area contributed by atoms with Crippen LogP contribution in [0.25, 0.3) is 0 Å². The van der Waals surface area contributed by atoms with E-state index in [4.69, 9.17) is 14.2 Å². The summed E-state index contributed by atoms with van der Waals surface area (Å²) in [5.74, 6) is -0.840. The fourth-order valence-electron chi connectivity index (χ4n) is 9.51. The second-order valence-corrected chi connectivity index (χ2v) is 21.0. The van der Waals surface area contributed by atoms with Crippen molar-refractivity contribution in [3.8, 4) is 0 Å². The monoisotopic (exact) mass is 947 g/mol. The summed E-state index contributed by atoms with van der Waals surface area (Å²) in [6.45, 7) is 6.67. The highest BCUT2D eigenvalue weighted by Crippen LogP contribution is 2.18. The largest absolute Gasteiger partial charge is 0.462 e. The standard InChI is InChI=1S/C61H118O6/c1-4-7-10-13-16-18-20-22-24-26-28-29-30-31-32-33-35-36-38-40-42-45-48-51-54-60(63)66-57-58(56-65-59(62)53-50-47-44-15-12-9-6-3)67-61(64)55-52-49-46-43-41-39-37-34-27-25-23-21-19-17-14-11-8-5-2/h58H,4-57H2,1-3H3. The number of rotatable bonds is 57. The van der Waals surface area contributed by atoms with E-state index in [0.29, 0.717) is 19.3 Å². The summed E-state index contributed by atoms with van der Waals surface area (Å²) >= 11 is 0. The normalized spacial score (nSPS) is 11.9. The number of esters is 3. The minimum atomic E-state index is -0.760. The highest BCUT2D eigenvalue weighted by Gasteiger charge is 2.19. The fourth-order valence-corrected chi connectivity index (χ4v) is 9.51. The predicted octanol–water partition coefficient (Wildman–Crippen LogP) is 20.3. The Bertz CT molecular complexity index is 998. The van der Waals surface area contributed by atoms with E-state index >= 15 is 0 Å². The van der Waals surface area contributed by atoms with Gasteiger partial charge < -0.3 is 14.2 Å². The first-order valence-corrected chi connectivity index (χ1v) is 30.5. The van der Waals surface area contributed by atoms with Crippen LogP contribution in [0.4, 0.5) is 0 Å². The van der Waals surface area contributed by atoms with Crippen LogP contribution in [0.3, 0.4) is 0 Å². The first-order chi connectivity index (χ1) is 33.0. The molecule has 0 bridgehead atoms. The van der Waals surface area contributed by atoms with Crippen molar-refractivity contribution in [3.63, 3.8) is 0 Å². The molecule has 1 atom stereocenters. The Morgan fingerprint density at radius 2 is 0.403 bits per heavy atom. The van der Waals surface area contributed by atoms with E-state index in [-0.39, 0.29) is 31.1 Å². The zero-order valence-electron chi connectivity index (χ0n) is 45.7. The molecule has 6 heteroatoms. The van der Waals surface area contributed by atoms with Crippen LogP contribution in [0.15, 0.2) is 0 Å². The summed E-state index contributed by atoms with van der Waals surface area (Å²) < 4.78 is 16.8. The van der Waals surface area contributed by atoms with Crippen LogP contribution in [0.2, 0.25) is 0 Å². The lowest BCUT2D eigenvalue weighted by molar-refractivity contribution is -0.167. The van der Waals surface area contributed by atoms with Crippen molar-refractivity contribution in [1.82, 2.24) is 0 Å². The van der Waals surface area contributed by atoms with Gasteiger partial charge in [0.05, 0.1) is 0 Å². The second kappa shape index (κ2) is 57.0. The van der Waals surface area contributed by atoms with Gasteiger partial charge in [-0.05, 0) is 19.3 Å². The third-order valence-electron chi connectivity index (χ3n) is 14.1. The summed E-state index contributed by atoms with van der Waals surface area (Å²) in [6.07, 6.45) is 64.2. The lowest BCUT2D eigenvalue weighted by atomic mass is 10.0. The number of ether oxygens (including phenoxy) is 3. The van der Waals surface area contributed by atoms with E-state index in [0.717, 1.165) is 57.8 Å². The molecule has 0 aliphatic heterocycles. The molecule has 0 heterocycles. The van der Waals surface area contributed by atoms with Crippen LogP contribution < -0.4 is 0 Å². The lowest BCUT2D eigenvalue weighted by Gasteiger charge is -2.18. The van der Waals surface area contributed by atoms with Crippen molar-refractivity contribution in [2.75, 3.05) is 13.2 Å². The number of hydrogen-bond donors (Lipinski definition) is 0. The van der Waals surface area contributed by atoms with E-state index in [1.807, 2.05) is 0 Å². The maximum absolute atomic E-state index is 12.8. The summed E-state index contributed by atoms with van der Waals surface area (Å²) in [5, 5.41) is 0. The van der Waals surface area contributed by atoms with Crippen molar-refractivity contribution in [2.45, 2.75) is 361 Å². The molecule has 67 heavy (non-hydrogen) atoms. The van der Waals surface area contributed by atoms with Gasteiger partial charge in [0, 0.05) is 19.3 Å². The molecule has 1 unspecified atom stereocenters. The molecule has 6 nitrogen and oxygen atoms in total. The van der Waals surface area contributed by atoms with Crippen LogP contribution in [0.1, 0.15) is 355 Å². The number of carbonyl (C=O) groups excluding carboxylic acids is 3. The molecule has 0 spiro atoms. The van der Waals surface area contributed by atoms with Crippen LogP contribution >= 0.6 is 0 Å². The molecular weight excluding hydrogens is 829 g/mol. The predicted molar refractivity (Wildman–Crippen MR) is 289 cm³/mol. The van der Waals surface area contributed by atoms with E-state index in [9.17, 15) is 14.4 Å². The van der Waals surface area contributed by atoms with Crippen LogP contribution in [-0.2, 0) is 28.6 Å². The summed E-state index contributed by atoms with van der Waals surface area (Å²) in [6, 6.07) is 0. The van der Waals surface area contributed by atoms with E-state index in [1.54, 1.807) is 0 Å². The van der Waals surface area contributed by atoms with Crippen molar-refractivity contribution < 1.29 is 28.6 Å². The first kappa shape index (κ1) is 65.4. The number of hydrogen-bond acceptors (Lipinski definition) is 6. The molecule has 0 radical (unpaired) electrons. The van der Waals surface area contributed by atoms with Gasteiger partial charge in [-0.1, -0.05) is 316 Å². The van der Waals surface area contributed by atoms with E-state index < -0.39 is 6.10 Å². The van der Waals surface area contributed by atoms with Crippen molar-refractivity contribution >= 4 is 17.9 Å². The molecule has 0 saturated heterocycles. The lowest BCUT2D eigenvalue weighted by Crippen LogP contribution is -2.30. The third-order valence-corrected chi connectivity index (χ3v) is 14.1. The Morgan fingerprint density at radius 3 is 0.597 bits per heavy atom. The third kappa shape index (κ3) is 55.2. The first-order valence-electron chi connectivity index (χ1n) is 30.5. The Labute approximate surface area is 418 Å². The van der Waals surface area contributed by atoms with Crippen LogP contribution in [-0.4, -0.2) is 37.2 Å². The molecule has 0 aromatic rings. The molecule has 0 amide bonds. The van der Waals surface area contributed by atoms with Crippen LogP contribution in [0, 0.1) is 0 Å². The second-order valence-electron chi connectivity index (χ2n) is 21.0. The van der Waals surface area contributed by atoms with Gasteiger partial charge in [-0.25, -0.2) is 0 Å². The SMILES string of the molecule is CCCCCCCCCCCCCCCCCCCCCCCCCCC(=O)OCC(COC(=O)CCCCCCCCC)OC(=O)CCCCCCCCCCCCCCCCCCCC. The molecule has 0 rings (SSSR count). The quantitative estimate of drug-likeness (QED) is 0.0343. The molecule has 0 aromatic carbocycles. The van der Waals surface area contributed by atoms with Gasteiger partial charge in [0.15, 0.2) is 6.10 Å². The molecule has 0 saturated carbocycles. The topological polar surface area (TPSA) is 78.9 Å². The summed E-state index contributed by atoms with van der Waals surface area (Å²) in [7, 11) is 0. The summed E-state index contributed by atoms with van der Waals surface area (Å²) in [4.78, 5) is 38.0. The molecular formula is C61H118O6. The molecule has 0 aliphatic rings.